The summed E-state index contributed by atoms with van der Waals surface area (Å²) in [6.45, 7) is 0. The Morgan fingerprint density at radius 1 is 1.18 bits per heavy atom. The van der Waals surface area contributed by atoms with Crippen molar-refractivity contribution in [1.82, 2.24) is 24.6 Å². The van der Waals surface area contributed by atoms with E-state index in [9.17, 15) is 0 Å². The lowest BCUT2D eigenvalue weighted by molar-refractivity contribution is 0.921. The van der Waals surface area contributed by atoms with Gasteiger partial charge in [-0.25, -0.2) is 19.5 Å². The second-order valence-electron chi connectivity index (χ2n) is 3.35. The first-order valence-corrected chi connectivity index (χ1v) is 4.90. The molecule has 0 bridgehead atoms. The highest BCUT2D eigenvalue weighted by atomic mass is 15.2. The number of hydrogen-bond donors (Lipinski definition) is 0. The Bertz CT molecular complexity index is 710. The number of fused-ring (bicyclic) bond motifs is 1. The quantitative estimate of drug-likeness (QED) is 0.615. The molecule has 0 amide bonds. The van der Waals surface area contributed by atoms with Gasteiger partial charge in [0.15, 0.2) is 11.3 Å². The van der Waals surface area contributed by atoms with Gasteiger partial charge in [0.2, 0.25) is 0 Å². The number of aromatic nitrogens is 5. The van der Waals surface area contributed by atoms with Crippen LogP contribution in [-0.4, -0.2) is 24.6 Å². The summed E-state index contributed by atoms with van der Waals surface area (Å²) >= 11 is 0. The molecule has 0 atom stereocenters. The van der Waals surface area contributed by atoms with Gasteiger partial charge in [0.1, 0.15) is 18.1 Å². The van der Waals surface area contributed by atoms with Crippen molar-refractivity contribution in [3.05, 3.63) is 42.6 Å². The molecule has 0 aliphatic carbocycles. The van der Waals surface area contributed by atoms with Gasteiger partial charge < -0.3 is 0 Å². The molecule has 0 saturated heterocycles. The summed E-state index contributed by atoms with van der Waals surface area (Å²) in [5.41, 5.74) is 2.46. The van der Waals surface area contributed by atoms with Crippen molar-refractivity contribution >= 4 is 5.65 Å². The van der Waals surface area contributed by atoms with Crippen molar-refractivity contribution in [2.45, 2.75) is 0 Å². The van der Waals surface area contributed by atoms with E-state index >= 15 is 0 Å². The minimum Gasteiger partial charge on any atom is -0.245 e. The maximum atomic E-state index is 8.75. The Hall–Kier alpha value is -2.81. The molecule has 3 aromatic rings. The molecule has 6 nitrogen and oxygen atoms in total. The van der Waals surface area contributed by atoms with Crippen LogP contribution in [0, 0.1) is 11.3 Å². The standard InChI is InChI=1S/C11H6N6/c12-5-8-1-2-11-15-10(6-17(11)16-8)9-3-4-13-7-14-9/h1-4,6-7H. The van der Waals surface area contributed by atoms with Crippen molar-refractivity contribution < 1.29 is 0 Å². The molecule has 0 aromatic carbocycles. The summed E-state index contributed by atoms with van der Waals surface area (Å²) in [5.74, 6) is 0. The van der Waals surface area contributed by atoms with Gasteiger partial charge in [0, 0.05) is 6.20 Å². The minimum atomic E-state index is 0.351. The van der Waals surface area contributed by atoms with Crippen LogP contribution in [0.25, 0.3) is 17.0 Å². The SMILES string of the molecule is N#Cc1ccc2nc(-c3ccncn3)cn2n1. The van der Waals surface area contributed by atoms with E-state index in [1.165, 1.54) is 6.33 Å². The van der Waals surface area contributed by atoms with E-state index < -0.39 is 0 Å². The van der Waals surface area contributed by atoms with Gasteiger partial charge in [-0.2, -0.15) is 10.4 Å². The molecule has 3 heterocycles. The molecule has 0 N–H and O–H groups in total. The van der Waals surface area contributed by atoms with E-state index in [4.69, 9.17) is 5.26 Å². The smallest absolute Gasteiger partial charge is 0.161 e. The largest absolute Gasteiger partial charge is 0.245 e. The van der Waals surface area contributed by atoms with Gasteiger partial charge >= 0.3 is 0 Å². The van der Waals surface area contributed by atoms with Crippen molar-refractivity contribution in [3.63, 3.8) is 0 Å². The fourth-order valence-corrected chi connectivity index (χ4v) is 1.51. The van der Waals surface area contributed by atoms with Gasteiger partial charge in [-0.05, 0) is 18.2 Å². The average Bonchev–Trinajstić information content (AvgIpc) is 2.82. The zero-order chi connectivity index (χ0) is 11.7. The number of nitrogens with zero attached hydrogens (tertiary/aromatic N) is 6. The molecule has 0 unspecified atom stereocenters. The summed E-state index contributed by atoms with van der Waals surface area (Å²) in [7, 11) is 0. The van der Waals surface area contributed by atoms with Crippen LogP contribution in [0.2, 0.25) is 0 Å². The Morgan fingerprint density at radius 3 is 2.88 bits per heavy atom. The van der Waals surface area contributed by atoms with E-state index in [0.29, 0.717) is 17.0 Å². The fourth-order valence-electron chi connectivity index (χ4n) is 1.51. The molecule has 80 valence electrons. The molecule has 0 radical (unpaired) electrons. The third-order valence-electron chi connectivity index (χ3n) is 2.28. The molecule has 6 heteroatoms. The molecule has 3 rings (SSSR count). The number of imidazole rings is 1. The summed E-state index contributed by atoms with van der Waals surface area (Å²) in [4.78, 5) is 12.3. The fraction of sp³-hybridized carbons (Fsp3) is 0. The molecular weight excluding hydrogens is 216 g/mol. The third kappa shape index (κ3) is 1.59. The Kier molecular flexibility index (Phi) is 2.02. The van der Waals surface area contributed by atoms with E-state index in [1.54, 1.807) is 35.1 Å². The van der Waals surface area contributed by atoms with Gasteiger partial charge in [0.05, 0.1) is 11.9 Å². The van der Waals surface area contributed by atoms with Gasteiger partial charge in [-0.3, -0.25) is 0 Å². The molecule has 0 fully saturated rings. The third-order valence-corrected chi connectivity index (χ3v) is 2.28. The lowest BCUT2D eigenvalue weighted by atomic mass is 10.3. The lowest BCUT2D eigenvalue weighted by Crippen LogP contribution is -1.92. The lowest BCUT2D eigenvalue weighted by Gasteiger charge is -1.90. The van der Waals surface area contributed by atoms with Crippen molar-refractivity contribution in [2.24, 2.45) is 0 Å². The maximum absolute atomic E-state index is 8.75. The number of rotatable bonds is 1. The van der Waals surface area contributed by atoms with Crippen LogP contribution in [-0.2, 0) is 0 Å². The van der Waals surface area contributed by atoms with Crippen molar-refractivity contribution in [2.75, 3.05) is 0 Å². The number of hydrogen-bond acceptors (Lipinski definition) is 5. The van der Waals surface area contributed by atoms with E-state index in [1.807, 2.05) is 6.07 Å². The average molecular weight is 222 g/mol. The highest BCUT2D eigenvalue weighted by Crippen LogP contribution is 2.14. The summed E-state index contributed by atoms with van der Waals surface area (Å²) in [5, 5.41) is 12.8. The van der Waals surface area contributed by atoms with Crippen LogP contribution in [0.15, 0.2) is 36.9 Å². The molecule has 0 spiro atoms. The van der Waals surface area contributed by atoms with Gasteiger partial charge in [-0.15, -0.1) is 0 Å². The van der Waals surface area contributed by atoms with E-state index in [-0.39, 0.29) is 0 Å². The second-order valence-corrected chi connectivity index (χ2v) is 3.35. The van der Waals surface area contributed by atoms with Gasteiger partial charge in [-0.1, -0.05) is 0 Å². The maximum Gasteiger partial charge on any atom is 0.161 e. The first kappa shape index (κ1) is 9.42. The molecule has 0 aliphatic rings. The monoisotopic (exact) mass is 222 g/mol. The van der Waals surface area contributed by atoms with Crippen molar-refractivity contribution in [3.8, 4) is 17.5 Å². The summed E-state index contributed by atoms with van der Waals surface area (Å²) in [6.07, 6.45) is 4.85. The molecule has 0 saturated carbocycles. The zero-order valence-electron chi connectivity index (χ0n) is 8.65. The molecule has 3 aromatic heterocycles. The predicted octanol–water partition coefficient (Wildman–Crippen LogP) is 1.06. The van der Waals surface area contributed by atoms with Crippen LogP contribution in [0.1, 0.15) is 5.69 Å². The number of nitriles is 1. The van der Waals surface area contributed by atoms with Crippen LogP contribution in [0.5, 0.6) is 0 Å². The van der Waals surface area contributed by atoms with Crippen LogP contribution in [0.4, 0.5) is 0 Å². The first-order chi connectivity index (χ1) is 8.36. The highest BCUT2D eigenvalue weighted by Gasteiger charge is 2.06. The first-order valence-electron chi connectivity index (χ1n) is 4.90. The minimum absolute atomic E-state index is 0.351. The van der Waals surface area contributed by atoms with Gasteiger partial charge in [0.25, 0.3) is 0 Å². The molecular formula is C11H6N6. The molecule has 17 heavy (non-hydrogen) atoms. The zero-order valence-corrected chi connectivity index (χ0v) is 8.65. The van der Waals surface area contributed by atoms with Crippen LogP contribution in [0.3, 0.4) is 0 Å². The Morgan fingerprint density at radius 2 is 2.12 bits per heavy atom. The highest BCUT2D eigenvalue weighted by molar-refractivity contribution is 5.57. The second kappa shape index (κ2) is 3.64. The van der Waals surface area contributed by atoms with E-state index in [2.05, 4.69) is 20.1 Å². The predicted molar refractivity (Wildman–Crippen MR) is 58.7 cm³/mol. The van der Waals surface area contributed by atoms with Crippen LogP contribution >= 0.6 is 0 Å². The van der Waals surface area contributed by atoms with E-state index in [0.717, 1.165) is 5.69 Å². The summed E-state index contributed by atoms with van der Waals surface area (Å²) in [6, 6.07) is 7.13. The normalized spacial score (nSPS) is 10.3. The van der Waals surface area contributed by atoms with Crippen LogP contribution < -0.4 is 0 Å². The Labute approximate surface area is 96.2 Å². The van der Waals surface area contributed by atoms with Crippen molar-refractivity contribution in [1.29, 1.82) is 5.26 Å². The molecule has 0 aliphatic heterocycles. The Balaban J connectivity index is 2.18. The topological polar surface area (TPSA) is 79.8 Å². The summed E-state index contributed by atoms with van der Waals surface area (Å²) < 4.78 is 1.57.